The highest BCUT2D eigenvalue weighted by Gasteiger charge is 2.30. The molecular formula is C18H28Cl2N6OS. The van der Waals surface area contributed by atoms with E-state index in [1.165, 1.54) is 30.0 Å². The lowest BCUT2D eigenvalue weighted by Crippen LogP contribution is -2.44. The van der Waals surface area contributed by atoms with E-state index < -0.39 is 0 Å². The van der Waals surface area contributed by atoms with Gasteiger partial charge in [-0.1, -0.05) is 17.8 Å². The minimum absolute atomic E-state index is 0. The molecule has 1 saturated heterocycles. The minimum atomic E-state index is -0.130. The maximum absolute atomic E-state index is 12.6. The molecule has 1 amide bonds. The van der Waals surface area contributed by atoms with Crippen molar-refractivity contribution in [3.8, 4) is 0 Å². The van der Waals surface area contributed by atoms with Gasteiger partial charge in [0.15, 0.2) is 5.13 Å². The van der Waals surface area contributed by atoms with Gasteiger partial charge in [0.1, 0.15) is 5.00 Å². The number of thiazole rings is 1. The van der Waals surface area contributed by atoms with Crippen LogP contribution in [0.15, 0.2) is 6.20 Å². The third-order valence-electron chi connectivity index (χ3n) is 5.62. The number of nitrogens with zero attached hydrogens (tertiary/aromatic N) is 5. The number of likely N-dealkylation sites (N-methyl/N-ethyl adjacent to an activating group) is 1. The number of rotatable bonds is 4. The number of aryl methyl sites for hydroxylation is 1. The van der Waals surface area contributed by atoms with Gasteiger partial charge in [0.2, 0.25) is 0 Å². The predicted molar refractivity (Wildman–Crippen MR) is 119 cm³/mol. The molecule has 7 nitrogen and oxygen atoms in total. The lowest BCUT2D eigenvalue weighted by molar-refractivity contribution is 0.102. The minimum Gasteiger partial charge on any atom is -0.359 e. The molecule has 28 heavy (non-hydrogen) atoms. The summed E-state index contributed by atoms with van der Waals surface area (Å²) in [6, 6.07) is 0. The Balaban J connectivity index is 0.00000140. The van der Waals surface area contributed by atoms with E-state index in [9.17, 15) is 4.79 Å². The molecule has 156 valence electrons. The Morgan fingerprint density at radius 1 is 1.18 bits per heavy atom. The van der Waals surface area contributed by atoms with Crippen molar-refractivity contribution >= 4 is 52.2 Å². The van der Waals surface area contributed by atoms with Crippen molar-refractivity contribution < 1.29 is 4.79 Å². The first-order chi connectivity index (χ1) is 12.5. The molecule has 4 rings (SSSR count). The van der Waals surface area contributed by atoms with Crippen LogP contribution in [0, 0.1) is 6.92 Å². The van der Waals surface area contributed by atoms with Crippen LogP contribution in [0.3, 0.4) is 0 Å². The normalized spacial score (nSPS) is 17.5. The van der Waals surface area contributed by atoms with E-state index in [1.807, 2.05) is 14.0 Å². The molecule has 1 aliphatic heterocycles. The van der Waals surface area contributed by atoms with Crippen LogP contribution in [0.5, 0.6) is 0 Å². The topological polar surface area (TPSA) is 66.3 Å². The van der Waals surface area contributed by atoms with E-state index in [-0.39, 0.29) is 30.7 Å². The van der Waals surface area contributed by atoms with Crippen LogP contribution >= 0.6 is 36.2 Å². The molecule has 2 aliphatic rings. The number of carbonyl (C=O) groups is 1. The zero-order valence-corrected chi connectivity index (χ0v) is 18.9. The Kier molecular flexibility index (Phi) is 7.73. The van der Waals surface area contributed by atoms with Gasteiger partial charge in [0, 0.05) is 44.8 Å². The predicted octanol–water partition coefficient (Wildman–Crippen LogP) is 3.30. The van der Waals surface area contributed by atoms with Crippen LogP contribution in [0.1, 0.15) is 46.9 Å². The molecule has 3 heterocycles. The first kappa shape index (κ1) is 22.9. The number of piperazine rings is 1. The number of halogens is 2. The molecule has 0 atom stereocenters. The summed E-state index contributed by atoms with van der Waals surface area (Å²) in [4.78, 5) is 22.3. The van der Waals surface area contributed by atoms with Crippen LogP contribution in [0.4, 0.5) is 10.1 Å². The van der Waals surface area contributed by atoms with E-state index in [1.54, 1.807) is 22.2 Å². The summed E-state index contributed by atoms with van der Waals surface area (Å²) in [6.07, 6.45) is 5.31. The van der Waals surface area contributed by atoms with Crippen molar-refractivity contribution in [3.05, 3.63) is 23.1 Å². The summed E-state index contributed by atoms with van der Waals surface area (Å²) in [7, 11) is 4.01. The fraction of sp³-hybridized carbons (Fsp3) is 0.611. The molecule has 10 heteroatoms. The number of hydrogen-bond acceptors (Lipinski definition) is 6. The number of nitrogens with one attached hydrogen (secondary N) is 1. The SMILES string of the molecule is Cc1c(C(=O)Nc2nc(C3CCC3)c(N3CCN(C)CC3)s2)cnn1C.Cl.Cl. The molecule has 0 aromatic carbocycles. The Morgan fingerprint density at radius 3 is 2.39 bits per heavy atom. The second-order valence-electron chi connectivity index (χ2n) is 7.35. The first-order valence-electron chi connectivity index (χ1n) is 9.27. The number of hydrogen-bond donors (Lipinski definition) is 1. The molecular weight excluding hydrogens is 419 g/mol. The fourth-order valence-electron chi connectivity index (χ4n) is 3.45. The summed E-state index contributed by atoms with van der Waals surface area (Å²) in [5, 5.41) is 9.11. The highest BCUT2D eigenvalue weighted by atomic mass is 35.5. The smallest absolute Gasteiger partial charge is 0.260 e. The average Bonchev–Trinajstić information content (AvgIpc) is 3.11. The zero-order valence-electron chi connectivity index (χ0n) is 16.5. The van der Waals surface area contributed by atoms with Crippen molar-refractivity contribution in [2.45, 2.75) is 32.1 Å². The van der Waals surface area contributed by atoms with Gasteiger partial charge in [0.25, 0.3) is 5.91 Å². The van der Waals surface area contributed by atoms with Crippen molar-refractivity contribution in [1.82, 2.24) is 19.7 Å². The maximum Gasteiger partial charge on any atom is 0.260 e. The van der Waals surface area contributed by atoms with Crippen LogP contribution < -0.4 is 10.2 Å². The van der Waals surface area contributed by atoms with Crippen molar-refractivity contribution in [2.24, 2.45) is 7.05 Å². The van der Waals surface area contributed by atoms with E-state index in [0.29, 0.717) is 16.6 Å². The molecule has 2 aromatic heterocycles. The largest absolute Gasteiger partial charge is 0.359 e. The molecule has 2 fully saturated rings. The monoisotopic (exact) mass is 446 g/mol. The molecule has 1 saturated carbocycles. The fourth-order valence-corrected chi connectivity index (χ4v) is 4.55. The van der Waals surface area contributed by atoms with Gasteiger partial charge in [-0.25, -0.2) is 4.98 Å². The van der Waals surface area contributed by atoms with Crippen LogP contribution in [-0.4, -0.2) is 58.8 Å². The van der Waals surface area contributed by atoms with Crippen molar-refractivity contribution in [1.29, 1.82) is 0 Å². The van der Waals surface area contributed by atoms with E-state index in [2.05, 4.69) is 27.3 Å². The van der Waals surface area contributed by atoms with Gasteiger partial charge in [-0.3, -0.25) is 14.8 Å². The zero-order chi connectivity index (χ0) is 18.3. The summed E-state index contributed by atoms with van der Waals surface area (Å²) in [5.74, 6) is 0.418. The van der Waals surface area contributed by atoms with Gasteiger partial charge in [-0.15, -0.1) is 24.8 Å². The Bertz CT molecular complexity index is 811. The highest BCUT2D eigenvalue weighted by molar-refractivity contribution is 7.19. The van der Waals surface area contributed by atoms with Crippen LogP contribution in [0.25, 0.3) is 0 Å². The second kappa shape index (κ2) is 9.43. The molecule has 1 N–H and O–H groups in total. The maximum atomic E-state index is 12.6. The third-order valence-corrected chi connectivity index (χ3v) is 6.66. The average molecular weight is 447 g/mol. The van der Waals surface area contributed by atoms with Crippen molar-refractivity contribution in [3.63, 3.8) is 0 Å². The number of anilines is 2. The van der Waals surface area contributed by atoms with E-state index >= 15 is 0 Å². The summed E-state index contributed by atoms with van der Waals surface area (Å²) in [6.45, 7) is 6.08. The van der Waals surface area contributed by atoms with Crippen molar-refractivity contribution in [2.75, 3.05) is 43.4 Å². The molecule has 2 aromatic rings. The van der Waals surface area contributed by atoms with Gasteiger partial charge >= 0.3 is 0 Å². The lowest BCUT2D eigenvalue weighted by Gasteiger charge is -2.35. The highest BCUT2D eigenvalue weighted by Crippen LogP contribution is 2.44. The van der Waals surface area contributed by atoms with Gasteiger partial charge in [0.05, 0.1) is 17.5 Å². The summed E-state index contributed by atoms with van der Waals surface area (Å²) < 4.78 is 1.71. The lowest BCUT2D eigenvalue weighted by atomic mass is 9.83. The Morgan fingerprint density at radius 2 is 1.86 bits per heavy atom. The van der Waals surface area contributed by atoms with Crippen LogP contribution in [-0.2, 0) is 7.05 Å². The molecule has 0 radical (unpaired) electrons. The summed E-state index contributed by atoms with van der Waals surface area (Å²) in [5.41, 5.74) is 2.65. The van der Waals surface area contributed by atoms with Gasteiger partial charge < -0.3 is 9.80 Å². The first-order valence-corrected chi connectivity index (χ1v) is 10.1. The third kappa shape index (κ3) is 4.45. The van der Waals surface area contributed by atoms with Gasteiger partial charge in [-0.05, 0) is 26.8 Å². The standard InChI is InChI=1S/C18H26N6OS.2ClH/c1-12-14(11-19-23(12)3)16(25)21-18-20-15(13-5-4-6-13)17(26-18)24-9-7-22(2)8-10-24;;/h11,13H,4-10H2,1-3H3,(H,20,21,25);2*1H. The second-order valence-corrected chi connectivity index (χ2v) is 8.33. The Hall–Kier alpha value is -1.35. The molecule has 0 spiro atoms. The molecule has 0 unspecified atom stereocenters. The van der Waals surface area contributed by atoms with E-state index in [0.717, 1.165) is 31.9 Å². The number of amides is 1. The van der Waals surface area contributed by atoms with E-state index in [4.69, 9.17) is 4.98 Å². The van der Waals surface area contributed by atoms with Gasteiger partial charge in [-0.2, -0.15) is 5.10 Å². The Labute approximate surface area is 182 Å². The number of aromatic nitrogens is 3. The number of carbonyl (C=O) groups excluding carboxylic acids is 1. The molecule has 0 bridgehead atoms. The quantitative estimate of drug-likeness (QED) is 0.779. The summed E-state index contributed by atoms with van der Waals surface area (Å²) >= 11 is 1.62. The van der Waals surface area contributed by atoms with Crippen LogP contribution in [0.2, 0.25) is 0 Å². The molecule has 1 aliphatic carbocycles.